The van der Waals surface area contributed by atoms with Crippen molar-refractivity contribution in [3.63, 3.8) is 0 Å². The summed E-state index contributed by atoms with van der Waals surface area (Å²) < 4.78 is 26.3. The highest BCUT2D eigenvalue weighted by molar-refractivity contribution is 5.93. The van der Waals surface area contributed by atoms with Crippen molar-refractivity contribution in [2.75, 3.05) is 5.32 Å². The van der Waals surface area contributed by atoms with Crippen molar-refractivity contribution in [3.05, 3.63) is 63.7 Å². The molecule has 0 bridgehead atoms. The minimum Gasteiger partial charge on any atom is -0.477 e. The van der Waals surface area contributed by atoms with Crippen LogP contribution in [-0.2, 0) is 0 Å². The van der Waals surface area contributed by atoms with Gasteiger partial charge in [0.15, 0.2) is 0 Å². The van der Waals surface area contributed by atoms with Crippen LogP contribution in [0.15, 0.2) is 36.4 Å². The van der Waals surface area contributed by atoms with Crippen molar-refractivity contribution in [1.82, 2.24) is 0 Å². The van der Waals surface area contributed by atoms with Crippen LogP contribution in [0, 0.1) is 21.7 Å². The number of aromatic carboxylic acids is 1. The van der Waals surface area contributed by atoms with E-state index in [2.05, 4.69) is 5.32 Å². The van der Waals surface area contributed by atoms with E-state index in [9.17, 15) is 23.7 Å². The second kappa shape index (κ2) is 5.53. The lowest BCUT2D eigenvalue weighted by Crippen LogP contribution is -2.04. The van der Waals surface area contributed by atoms with E-state index in [-0.39, 0.29) is 11.4 Å². The summed E-state index contributed by atoms with van der Waals surface area (Å²) in [5.41, 5.74) is -1.06. The average molecular weight is 294 g/mol. The Bertz CT molecular complexity index is 734. The van der Waals surface area contributed by atoms with Gasteiger partial charge in [-0.1, -0.05) is 0 Å². The Kier molecular flexibility index (Phi) is 3.79. The molecule has 0 aliphatic rings. The molecule has 0 aromatic heterocycles. The molecule has 0 amide bonds. The highest BCUT2D eigenvalue weighted by Crippen LogP contribution is 2.26. The van der Waals surface area contributed by atoms with Crippen molar-refractivity contribution >= 4 is 23.0 Å². The second-order valence-electron chi connectivity index (χ2n) is 4.04. The molecular weight excluding hydrogens is 286 g/mol. The summed E-state index contributed by atoms with van der Waals surface area (Å²) in [4.78, 5) is 20.9. The van der Waals surface area contributed by atoms with Crippen LogP contribution >= 0.6 is 0 Å². The number of nitrogens with zero attached hydrogens (tertiary/aromatic N) is 1. The summed E-state index contributed by atoms with van der Waals surface area (Å²) in [5, 5.41) is 22.2. The number of halogens is 2. The first-order valence-electron chi connectivity index (χ1n) is 5.62. The molecule has 108 valence electrons. The number of hydrogen-bond acceptors (Lipinski definition) is 4. The van der Waals surface area contributed by atoms with Crippen LogP contribution in [0.4, 0.5) is 25.8 Å². The van der Waals surface area contributed by atoms with Crippen LogP contribution in [0.2, 0.25) is 0 Å². The summed E-state index contributed by atoms with van der Waals surface area (Å²) in [6.07, 6.45) is 0. The molecule has 21 heavy (non-hydrogen) atoms. The van der Waals surface area contributed by atoms with Gasteiger partial charge in [0, 0.05) is 17.8 Å². The molecule has 0 spiro atoms. The second-order valence-corrected chi connectivity index (χ2v) is 4.04. The highest BCUT2D eigenvalue weighted by Gasteiger charge is 2.20. The van der Waals surface area contributed by atoms with Gasteiger partial charge in [0.1, 0.15) is 17.2 Å². The smallest absolute Gasteiger partial charge is 0.342 e. The quantitative estimate of drug-likeness (QED) is 0.666. The number of anilines is 2. The molecule has 0 aliphatic heterocycles. The van der Waals surface area contributed by atoms with E-state index in [1.165, 1.54) is 6.07 Å². The maximum absolute atomic E-state index is 13.5. The molecule has 0 unspecified atom stereocenters. The highest BCUT2D eigenvalue weighted by atomic mass is 19.1. The summed E-state index contributed by atoms with van der Waals surface area (Å²) >= 11 is 0. The minimum absolute atomic E-state index is 0.0819. The molecule has 0 saturated heterocycles. The predicted octanol–water partition coefficient (Wildman–Crippen LogP) is 3.31. The lowest BCUT2D eigenvalue weighted by molar-refractivity contribution is -0.385. The first-order chi connectivity index (χ1) is 9.88. The van der Waals surface area contributed by atoms with Crippen molar-refractivity contribution in [1.29, 1.82) is 0 Å². The largest absolute Gasteiger partial charge is 0.477 e. The number of rotatable bonds is 4. The van der Waals surface area contributed by atoms with Gasteiger partial charge in [-0.25, -0.2) is 13.6 Å². The third kappa shape index (κ3) is 3.11. The van der Waals surface area contributed by atoms with Crippen molar-refractivity contribution in [2.24, 2.45) is 0 Å². The molecule has 6 nitrogen and oxygen atoms in total. The Balaban J connectivity index is 2.39. The van der Waals surface area contributed by atoms with Gasteiger partial charge < -0.3 is 10.4 Å². The molecule has 0 aliphatic carbocycles. The summed E-state index contributed by atoms with van der Waals surface area (Å²) in [6.45, 7) is 0. The fourth-order valence-electron chi connectivity index (χ4n) is 1.69. The normalized spacial score (nSPS) is 10.2. The van der Waals surface area contributed by atoms with Gasteiger partial charge in [-0.05, 0) is 24.3 Å². The van der Waals surface area contributed by atoms with Crippen LogP contribution in [-0.4, -0.2) is 16.0 Å². The number of nitro groups is 1. The maximum atomic E-state index is 13.5. The molecule has 8 heteroatoms. The van der Waals surface area contributed by atoms with Gasteiger partial charge in [0.2, 0.25) is 0 Å². The first-order valence-corrected chi connectivity index (χ1v) is 5.62. The topological polar surface area (TPSA) is 92.5 Å². The SMILES string of the molecule is O=C(O)c1cc(Nc2ccc(F)cc2F)ccc1[N+](=O)[O-]. The van der Waals surface area contributed by atoms with E-state index in [0.29, 0.717) is 6.07 Å². The van der Waals surface area contributed by atoms with Gasteiger partial charge in [-0.3, -0.25) is 10.1 Å². The van der Waals surface area contributed by atoms with Crippen molar-refractivity contribution in [2.45, 2.75) is 0 Å². The first kappa shape index (κ1) is 14.4. The Hall–Kier alpha value is -3.03. The summed E-state index contributed by atoms with van der Waals surface area (Å²) in [6, 6.07) is 6.04. The molecule has 0 atom stereocenters. The molecule has 0 heterocycles. The molecule has 0 saturated carbocycles. The van der Waals surface area contributed by atoms with Crippen molar-refractivity contribution < 1.29 is 23.6 Å². The number of carbonyl (C=O) groups is 1. The lowest BCUT2D eigenvalue weighted by Gasteiger charge is -2.08. The fraction of sp³-hybridized carbons (Fsp3) is 0. The average Bonchev–Trinajstić information content (AvgIpc) is 2.41. The zero-order valence-electron chi connectivity index (χ0n) is 10.3. The number of hydrogen-bond donors (Lipinski definition) is 2. The third-order valence-electron chi connectivity index (χ3n) is 2.63. The zero-order valence-corrected chi connectivity index (χ0v) is 10.3. The van der Waals surface area contributed by atoms with Gasteiger partial charge in [0.05, 0.1) is 10.6 Å². The van der Waals surface area contributed by atoms with E-state index in [4.69, 9.17) is 5.11 Å². The fourth-order valence-corrected chi connectivity index (χ4v) is 1.69. The zero-order chi connectivity index (χ0) is 15.6. The van der Waals surface area contributed by atoms with E-state index < -0.39 is 33.8 Å². The number of carboxylic acids is 1. The van der Waals surface area contributed by atoms with Crippen molar-refractivity contribution in [3.8, 4) is 0 Å². The van der Waals surface area contributed by atoms with Gasteiger partial charge >= 0.3 is 5.97 Å². The van der Waals surface area contributed by atoms with Gasteiger partial charge in [-0.2, -0.15) is 0 Å². The molecular formula is C13H8F2N2O4. The van der Waals surface area contributed by atoms with Gasteiger partial charge in [0.25, 0.3) is 5.69 Å². The summed E-state index contributed by atoms with van der Waals surface area (Å²) in [5.74, 6) is -3.11. The maximum Gasteiger partial charge on any atom is 0.342 e. The molecule has 2 aromatic rings. The monoisotopic (exact) mass is 294 g/mol. The van der Waals surface area contributed by atoms with E-state index in [0.717, 1.165) is 24.3 Å². The lowest BCUT2D eigenvalue weighted by atomic mass is 10.1. The van der Waals surface area contributed by atoms with Crippen LogP contribution in [0.5, 0.6) is 0 Å². The number of carboxylic acid groups (broad SMARTS) is 1. The Morgan fingerprint density at radius 1 is 1.19 bits per heavy atom. The molecule has 0 fully saturated rings. The summed E-state index contributed by atoms with van der Waals surface area (Å²) in [7, 11) is 0. The van der Waals surface area contributed by atoms with E-state index >= 15 is 0 Å². The van der Waals surface area contributed by atoms with Gasteiger partial charge in [-0.15, -0.1) is 0 Å². The number of benzene rings is 2. The number of nitro benzene ring substituents is 1. The molecule has 2 N–H and O–H groups in total. The van der Waals surface area contributed by atoms with Crippen LogP contribution < -0.4 is 5.32 Å². The van der Waals surface area contributed by atoms with Crippen LogP contribution in [0.25, 0.3) is 0 Å². The van der Waals surface area contributed by atoms with E-state index in [1.807, 2.05) is 0 Å². The predicted molar refractivity (Wildman–Crippen MR) is 69.7 cm³/mol. The van der Waals surface area contributed by atoms with E-state index in [1.54, 1.807) is 0 Å². The Morgan fingerprint density at radius 3 is 2.48 bits per heavy atom. The standard InChI is InChI=1S/C13H8F2N2O4/c14-7-1-3-11(10(15)5-7)16-8-2-4-12(17(20)21)9(6-8)13(18)19/h1-6,16H,(H,18,19). The molecule has 0 radical (unpaired) electrons. The Morgan fingerprint density at radius 2 is 1.90 bits per heavy atom. The molecule has 2 aromatic carbocycles. The van der Waals surface area contributed by atoms with Crippen LogP contribution in [0.3, 0.4) is 0 Å². The minimum atomic E-state index is -1.48. The molecule has 2 rings (SSSR count). The third-order valence-corrected chi connectivity index (χ3v) is 2.63. The Labute approximate surface area is 116 Å². The van der Waals surface area contributed by atoms with Crippen LogP contribution in [0.1, 0.15) is 10.4 Å². The number of nitrogens with one attached hydrogen (secondary N) is 1.